The van der Waals surface area contributed by atoms with Crippen LogP contribution in [0.4, 0.5) is 5.82 Å². The molecule has 2 aromatic carbocycles. The normalized spacial score (nSPS) is 12.7. The largest absolute Gasteiger partial charge is 0.476 e. The molecular weight excluding hydrogens is 587 g/mol. The topological polar surface area (TPSA) is 113 Å². The number of carbonyl (C=O) groups excluding carboxylic acids is 2. The zero-order chi connectivity index (χ0) is 31.7. The molecule has 0 atom stereocenters. The van der Waals surface area contributed by atoms with Crippen molar-refractivity contribution in [3.8, 4) is 0 Å². The molecule has 0 aliphatic heterocycles. The standard InChI is InChI=1S/C32H39N2O7PS/c1-19-27-22(17-38-9)13-14-23(20(2)35)29(27)43-28(19)30(36)34-26-16-15-24-21(11-10-12-25(24)33-26)18-39-42(37,40-31(3,4)5)41-32(6,7)8/h10-16H,17-18H2,1-9H3,(H,33,34,36). The van der Waals surface area contributed by atoms with Crippen molar-refractivity contribution < 1.29 is 32.5 Å². The molecule has 4 rings (SSSR count). The summed E-state index contributed by atoms with van der Waals surface area (Å²) in [4.78, 5) is 30.9. The van der Waals surface area contributed by atoms with Crippen molar-refractivity contribution in [1.82, 2.24) is 4.98 Å². The molecule has 0 saturated heterocycles. The molecule has 0 aliphatic rings. The lowest BCUT2D eigenvalue weighted by atomic mass is 10.0. The Labute approximate surface area is 256 Å². The Bertz CT molecular complexity index is 1710. The molecule has 2 aromatic heterocycles. The van der Waals surface area contributed by atoms with Crippen LogP contribution in [0.25, 0.3) is 21.0 Å². The second kappa shape index (κ2) is 12.6. The van der Waals surface area contributed by atoms with E-state index in [1.165, 1.54) is 18.3 Å². The SMILES string of the molecule is COCc1ccc(C(C)=O)c2sc(C(=O)Nc3ccc4c(COP(=O)(OC(C)(C)C)OC(C)(C)C)cccc4n3)c(C)c12. The first-order valence-electron chi connectivity index (χ1n) is 13.9. The molecule has 9 nitrogen and oxygen atoms in total. The van der Waals surface area contributed by atoms with E-state index in [4.69, 9.17) is 18.3 Å². The molecule has 2 heterocycles. The van der Waals surface area contributed by atoms with Gasteiger partial charge in [0, 0.05) is 28.1 Å². The predicted octanol–water partition coefficient (Wildman–Crippen LogP) is 8.61. The van der Waals surface area contributed by atoms with Crippen molar-refractivity contribution in [2.75, 3.05) is 12.4 Å². The number of benzene rings is 2. The van der Waals surface area contributed by atoms with Crippen molar-refractivity contribution in [3.63, 3.8) is 0 Å². The number of carbonyl (C=O) groups is 2. The fourth-order valence-electron chi connectivity index (χ4n) is 4.68. The Morgan fingerprint density at radius 3 is 2.21 bits per heavy atom. The second-order valence-electron chi connectivity index (χ2n) is 12.3. The van der Waals surface area contributed by atoms with E-state index in [1.807, 2.05) is 37.3 Å². The lowest BCUT2D eigenvalue weighted by molar-refractivity contribution is 0.000940. The molecule has 1 amide bonds. The number of anilines is 1. The van der Waals surface area contributed by atoms with E-state index in [9.17, 15) is 14.2 Å². The molecule has 230 valence electrons. The highest BCUT2D eigenvalue weighted by Gasteiger charge is 2.37. The molecule has 11 heteroatoms. The number of amides is 1. The van der Waals surface area contributed by atoms with Crippen LogP contribution in [-0.4, -0.2) is 35.0 Å². The smallest absolute Gasteiger partial charge is 0.380 e. The van der Waals surface area contributed by atoms with E-state index in [1.54, 1.807) is 60.8 Å². The molecule has 0 radical (unpaired) electrons. The van der Waals surface area contributed by atoms with Crippen molar-refractivity contribution >= 4 is 57.7 Å². The number of ketones is 1. The first-order valence-corrected chi connectivity index (χ1v) is 16.2. The fourth-order valence-corrected chi connectivity index (χ4v) is 7.77. The van der Waals surface area contributed by atoms with Gasteiger partial charge in [-0.3, -0.25) is 23.2 Å². The Kier molecular flexibility index (Phi) is 9.61. The number of phosphoric acid groups is 1. The summed E-state index contributed by atoms with van der Waals surface area (Å²) in [5, 5.41) is 4.54. The Morgan fingerprint density at radius 1 is 0.930 bits per heavy atom. The summed E-state index contributed by atoms with van der Waals surface area (Å²) in [6.07, 6.45) is 0. The van der Waals surface area contributed by atoms with Gasteiger partial charge in [0.1, 0.15) is 5.82 Å². The minimum atomic E-state index is -3.91. The summed E-state index contributed by atoms with van der Waals surface area (Å²) in [5.41, 5.74) is 2.13. The van der Waals surface area contributed by atoms with Crippen molar-refractivity contribution in [2.45, 2.75) is 79.8 Å². The number of fused-ring (bicyclic) bond motifs is 2. The maximum absolute atomic E-state index is 13.5. The number of phosphoric ester groups is 1. The number of hydrogen-bond donors (Lipinski definition) is 1. The maximum atomic E-state index is 13.5. The third-order valence-corrected chi connectivity index (χ3v) is 9.57. The van der Waals surface area contributed by atoms with Crippen molar-refractivity contribution in [3.05, 3.63) is 69.6 Å². The molecule has 1 N–H and O–H groups in total. The Balaban J connectivity index is 1.61. The summed E-state index contributed by atoms with van der Waals surface area (Å²) in [7, 11) is -2.30. The first kappa shape index (κ1) is 32.9. The Morgan fingerprint density at radius 2 is 1.60 bits per heavy atom. The number of nitrogens with one attached hydrogen (secondary N) is 1. The van der Waals surface area contributed by atoms with Gasteiger partial charge >= 0.3 is 7.82 Å². The van der Waals surface area contributed by atoms with Gasteiger partial charge in [-0.1, -0.05) is 18.2 Å². The van der Waals surface area contributed by atoms with Crippen LogP contribution in [-0.2, 0) is 36.1 Å². The van der Waals surface area contributed by atoms with E-state index in [0.29, 0.717) is 28.4 Å². The van der Waals surface area contributed by atoms with Gasteiger partial charge in [0.25, 0.3) is 5.91 Å². The van der Waals surface area contributed by atoms with Crippen LogP contribution in [0.3, 0.4) is 0 Å². The number of rotatable bonds is 10. The molecular formula is C32H39N2O7PS. The monoisotopic (exact) mass is 626 g/mol. The zero-order valence-electron chi connectivity index (χ0n) is 26.1. The third kappa shape index (κ3) is 7.95. The minimum Gasteiger partial charge on any atom is -0.380 e. The summed E-state index contributed by atoms with van der Waals surface area (Å²) in [6, 6.07) is 12.7. The lowest BCUT2D eigenvalue weighted by Crippen LogP contribution is -2.24. The van der Waals surface area contributed by atoms with E-state index in [2.05, 4.69) is 10.3 Å². The van der Waals surface area contributed by atoms with Gasteiger partial charge in [-0.2, -0.15) is 0 Å². The van der Waals surface area contributed by atoms with Gasteiger partial charge < -0.3 is 10.1 Å². The van der Waals surface area contributed by atoms with E-state index in [-0.39, 0.29) is 18.3 Å². The number of nitrogens with zero attached hydrogens (tertiary/aromatic N) is 1. The average Bonchev–Trinajstić information content (AvgIpc) is 3.23. The molecule has 0 bridgehead atoms. The number of methoxy groups -OCH3 is 1. The quantitative estimate of drug-likeness (QED) is 0.138. The van der Waals surface area contributed by atoms with E-state index in [0.717, 1.165) is 32.2 Å². The van der Waals surface area contributed by atoms with Crippen LogP contribution in [0.5, 0.6) is 0 Å². The van der Waals surface area contributed by atoms with Gasteiger partial charge in [0.05, 0.1) is 34.8 Å². The van der Waals surface area contributed by atoms with Gasteiger partial charge in [-0.15, -0.1) is 11.3 Å². The molecule has 4 aromatic rings. The third-order valence-electron chi connectivity index (χ3n) is 6.26. The molecule has 0 unspecified atom stereocenters. The highest BCUT2D eigenvalue weighted by atomic mass is 32.1. The van der Waals surface area contributed by atoms with E-state index >= 15 is 0 Å². The number of aryl methyl sites for hydroxylation is 1. The number of hydrogen-bond acceptors (Lipinski definition) is 9. The number of ether oxygens (including phenoxy) is 1. The van der Waals surface area contributed by atoms with Gasteiger partial charge in [-0.05, 0) is 96.3 Å². The summed E-state index contributed by atoms with van der Waals surface area (Å²) in [5.74, 6) is -0.0129. The molecule has 0 saturated carbocycles. The van der Waals surface area contributed by atoms with Crippen molar-refractivity contribution in [2.24, 2.45) is 0 Å². The maximum Gasteiger partial charge on any atom is 0.476 e. The first-order chi connectivity index (χ1) is 20.0. The number of Topliss-reactive ketones (excluding diaryl/α,β-unsaturated/α-hetero) is 1. The van der Waals surface area contributed by atoms with Crippen LogP contribution in [0.1, 0.15) is 85.2 Å². The van der Waals surface area contributed by atoms with E-state index < -0.39 is 19.0 Å². The summed E-state index contributed by atoms with van der Waals surface area (Å²) < 4.78 is 36.9. The fraction of sp³-hybridized carbons (Fsp3) is 0.406. The van der Waals surface area contributed by atoms with Gasteiger partial charge in [-0.25, -0.2) is 9.55 Å². The Hall–Kier alpha value is -2.98. The number of aromatic nitrogens is 1. The zero-order valence-corrected chi connectivity index (χ0v) is 27.8. The van der Waals surface area contributed by atoms with Crippen LogP contribution in [0.15, 0.2) is 42.5 Å². The highest BCUT2D eigenvalue weighted by Crippen LogP contribution is 2.56. The number of pyridine rings is 1. The molecule has 0 aliphatic carbocycles. The van der Waals surface area contributed by atoms with Crippen LogP contribution in [0, 0.1) is 6.92 Å². The summed E-state index contributed by atoms with van der Waals surface area (Å²) >= 11 is 1.29. The molecule has 0 fully saturated rings. The predicted molar refractivity (Wildman–Crippen MR) is 171 cm³/mol. The van der Waals surface area contributed by atoms with Gasteiger partial charge in [0.15, 0.2) is 5.78 Å². The van der Waals surface area contributed by atoms with Gasteiger partial charge in [0.2, 0.25) is 0 Å². The lowest BCUT2D eigenvalue weighted by Gasteiger charge is -2.31. The summed E-state index contributed by atoms with van der Waals surface area (Å²) in [6.45, 7) is 14.4. The van der Waals surface area contributed by atoms with Crippen LogP contribution in [0.2, 0.25) is 0 Å². The van der Waals surface area contributed by atoms with Crippen LogP contribution < -0.4 is 5.32 Å². The average molecular weight is 627 g/mol. The number of thiophene rings is 1. The highest BCUT2D eigenvalue weighted by molar-refractivity contribution is 7.48. The molecule has 0 spiro atoms. The second-order valence-corrected chi connectivity index (χ2v) is 14.8. The minimum absolute atomic E-state index is 0.0303. The molecule has 43 heavy (non-hydrogen) atoms. The van der Waals surface area contributed by atoms with Crippen LogP contribution >= 0.6 is 19.2 Å². The van der Waals surface area contributed by atoms with Crippen molar-refractivity contribution in [1.29, 1.82) is 0 Å².